The van der Waals surface area contributed by atoms with Crippen molar-refractivity contribution in [2.75, 3.05) is 19.8 Å². The van der Waals surface area contributed by atoms with Gasteiger partial charge in [-0.3, -0.25) is 14.5 Å². The minimum Gasteiger partial charge on any atom is -0.380 e. The molecule has 2 saturated heterocycles. The molecule has 0 radical (unpaired) electrons. The van der Waals surface area contributed by atoms with Crippen LogP contribution in [0.4, 0.5) is 0 Å². The van der Waals surface area contributed by atoms with Crippen LogP contribution in [-0.2, 0) is 4.74 Å². The van der Waals surface area contributed by atoms with Crippen molar-refractivity contribution in [3.05, 3.63) is 46.2 Å². The van der Waals surface area contributed by atoms with Gasteiger partial charge in [-0.1, -0.05) is 18.2 Å². The minimum atomic E-state index is -0.243. The second-order valence-corrected chi connectivity index (χ2v) is 8.85. The molecule has 2 bridgehead atoms. The number of pyridine rings is 1. The largest absolute Gasteiger partial charge is 0.380 e. The molecule has 0 saturated carbocycles. The molecule has 4 rings (SSSR count). The van der Waals surface area contributed by atoms with Gasteiger partial charge in [0, 0.05) is 37.3 Å². The maximum Gasteiger partial charge on any atom is 0.264 e. The number of hydrogen-bond acceptors (Lipinski definition) is 4. The van der Waals surface area contributed by atoms with E-state index in [0.717, 1.165) is 43.5 Å². The lowest BCUT2D eigenvalue weighted by atomic mass is 9.97. The van der Waals surface area contributed by atoms with Gasteiger partial charge >= 0.3 is 0 Å². The lowest BCUT2D eigenvalue weighted by molar-refractivity contribution is 0.0603. The summed E-state index contributed by atoms with van der Waals surface area (Å²) >= 11 is 0. The Morgan fingerprint density at radius 1 is 1.20 bits per heavy atom. The third-order valence-electron chi connectivity index (χ3n) is 6.62. The van der Waals surface area contributed by atoms with Crippen molar-refractivity contribution in [2.24, 2.45) is 0 Å². The number of carbonyl (C=O) groups excluding carboxylic acids is 1. The highest BCUT2D eigenvalue weighted by Crippen LogP contribution is 2.35. The minimum absolute atomic E-state index is 0.0143. The zero-order valence-corrected chi connectivity index (χ0v) is 18.3. The standard InChI is InChI=1S/C24H33N3O3/c1-4-30-12-11-26-19-9-10-20(26)15-18(14-19)25-23(28)21-13-17-7-5-6-8-22(17)27(16(2)3)24(21)29/h5-8,13,16,18-20H,4,9-12,14-15H2,1-3H3,(H,25,28). The van der Waals surface area contributed by atoms with Crippen molar-refractivity contribution in [2.45, 2.75) is 70.6 Å². The summed E-state index contributed by atoms with van der Waals surface area (Å²) in [7, 11) is 0. The molecule has 2 fully saturated rings. The summed E-state index contributed by atoms with van der Waals surface area (Å²) in [4.78, 5) is 28.8. The van der Waals surface area contributed by atoms with E-state index in [2.05, 4.69) is 10.2 Å². The molecule has 6 nitrogen and oxygen atoms in total. The van der Waals surface area contributed by atoms with Crippen LogP contribution in [0.25, 0.3) is 10.9 Å². The number of aromatic nitrogens is 1. The Morgan fingerprint density at radius 2 is 1.90 bits per heavy atom. The first kappa shape index (κ1) is 21.1. The van der Waals surface area contributed by atoms with Crippen LogP contribution in [0.2, 0.25) is 0 Å². The van der Waals surface area contributed by atoms with E-state index in [9.17, 15) is 9.59 Å². The molecular weight excluding hydrogens is 378 g/mol. The average molecular weight is 412 g/mol. The first-order valence-corrected chi connectivity index (χ1v) is 11.3. The lowest BCUT2D eigenvalue weighted by Crippen LogP contribution is -2.51. The van der Waals surface area contributed by atoms with Crippen LogP contribution in [0, 0.1) is 0 Å². The lowest BCUT2D eigenvalue weighted by Gasteiger charge is -2.39. The molecule has 1 aromatic carbocycles. The van der Waals surface area contributed by atoms with E-state index < -0.39 is 0 Å². The molecule has 30 heavy (non-hydrogen) atoms. The van der Waals surface area contributed by atoms with Gasteiger partial charge < -0.3 is 14.6 Å². The van der Waals surface area contributed by atoms with Gasteiger partial charge in [-0.2, -0.15) is 0 Å². The molecule has 1 aromatic heterocycles. The van der Waals surface area contributed by atoms with Crippen LogP contribution in [0.15, 0.2) is 35.1 Å². The zero-order chi connectivity index (χ0) is 21.3. The summed E-state index contributed by atoms with van der Waals surface area (Å²) < 4.78 is 7.27. The van der Waals surface area contributed by atoms with E-state index in [1.165, 1.54) is 12.8 Å². The number of ether oxygens (including phenoxy) is 1. The average Bonchev–Trinajstić information content (AvgIpc) is 2.95. The van der Waals surface area contributed by atoms with Gasteiger partial charge in [0.1, 0.15) is 5.56 Å². The Kier molecular flexibility index (Phi) is 6.25. The van der Waals surface area contributed by atoms with E-state index in [1.807, 2.05) is 45.0 Å². The SMILES string of the molecule is CCOCCN1C2CCC1CC(NC(=O)c1cc3ccccc3n(C(C)C)c1=O)C2. The molecule has 3 heterocycles. The first-order valence-electron chi connectivity index (χ1n) is 11.3. The Bertz CT molecular complexity index is 954. The van der Waals surface area contributed by atoms with Crippen molar-refractivity contribution in [1.29, 1.82) is 0 Å². The van der Waals surface area contributed by atoms with Gasteiger partial charge in [0.25, 0.3) is 11.5 Å². The fourth-order valence-corrected chi connectivity index (χ4v) is 5.30. The van der Waals surface area contributed by atoms with Crippen LogP contribution >= 0.6 is 0 Å². The highest BCUT2D eigenvalue weighted by molar-refractivity contribution is 5.97. The number of rotatable bonds is 7. The third kappa shape index (κ3) is 4.03. The fourth-order valence-electron chi connectivity index (χ4n) is 5.30. The van der Waals surface area contributed by atoms with Crippen LogP contribution in [-0.4, -0.2) is 53.3 Å². The molecule has 162 valence electrons. The van der Waals surface area contributed by atoms with Gasteiger partial charge in [-0.25, -0.2) is 0 Å². The van der Waals surface area contributed by atoms with Crippen molar-refractivity contribution in [1.82, 2.24) is 14.8 Å². The van der Waals surface area contributed by atoms with E-state index in [4.69, 9.17) is 4.74 Å². The number of benzene rings is 1. The number of carbonyl (C=O) groups is 1. The van der Waals surface area contributed by atoms with E-state index in [-0.39, 0.29) is 29.1 Å². The van der Waals surface area contributed by atoms with Crippen LogP contribution in [0.1, 0.15) is 62.9 Å². The third-order valence-corrected chi connectivity index (χ3v) is 6.62. The summed E-state index contributed by atoms with van der Waals surface area (Å²) in [6.45, 7) is 8.47. The summed E-state index contributed by atoms with van der Waals surface area (Å²) in [5.74, 6) is -0.243. The van der Waals surface area contributed by atoms with Crippen molar-refractivity contribution >= 4 is 16.8 Å². The van der Waals surface area contributed by atoms with Gasteiger partial charge in [-0.05, 0) is 64.0 Å². The Hall–Kier alpha value is -2.18. The second kappa shape index (κ2) is 8.90. The number of fused-ring (bicyclic) bond motifs is 3. The van der Waals surface area contributed by atoms with Gasteiger partial charge in [0.15, 0.2) is 0 Å². The molecule has 1 N–H and O–H groups in total. The van der Waals surface area contributed by atoms with Crippen LogP contribution in [0.5, 0.6) is 0 Å². The van der Waals surface area contributed by atoms with Crippen LogP contribution < -0.4 is 10.9 Å². The highest BCUT2D eigenvalue weighted by atomic mass is 16.5. The Morgan fingerprint density at radius 3 is 2.57 bits per heavy atom. The van der Waals surface area contributed by atoms with E-state index >= 15 is 0 Å². The normalized spacial score (nSPS) is 23.9. The van der Waals surface area contributed by atoms with Crippen molar-refractivity contribution in [3.63, 3.8) is 0 Å². The molecule has 2 aromatic rings. The topological polar surface area (TPSA) is 63.6 Å². The monoisotopic (exact) mass is 411 g/mol. The Balaban J connectivity index is 1.51. The molecule has 0 spiro atoms. The van der Waals surface area contributed by atoms with E-state index in [1.54, 1.807) is 10.6 Å². The maximum absolute atomic E-state index is 13.1. The Labute approximate surface area is 178 Å². The molecule has 6 heteroatoms. The fraction of sp³-hybridized carbons (Fsp3) is 0.583. The smallest absolute Gasteiger partial charge is 0.264 e. The van der Waals surface area contributed by atoms with Gasteiger partial charge in [0.05, 0.1) is 12.1 Å². The molecule has 2 atom stereocenters. The highest BCUT2D eigenvalue weighted by Gasteiger charge is 2.40. The predicted molar refractivity (Wildman–Crippen MR) is 119 cm³/mol. The molecular formula is C24H33N3O3. The number of nitrogens with one attached hydrogen (secondary N) is 1. The molecule has 1 amide bonds. The summed E-state index contributed by atoms with van der Waals surface area (Å²) in [6.07, 6.45) is 4.25. The summed E-state index contributed by atoms with van der Waals surface area (Å²) in [5, 5.41) is 4.10. The van der Waals surface area contributed by atoms with Crippen LogP contribution in [0.3, 0.4) is 0 Å². The predicted octanol–water partition coefficient (Wildman–Crippen LogP) is 3.34. The van der Waals surface area contributed by atoms with Crippen molar-refractivity contribution in [3.8, 4) is 0 Å². The number of piperidine rings is 1. The summed E-state index contributed by atoms with van der Waals surface area (Å²) in [6, 6.07) is 10.6. The number of amides is 1. The molecule has 0 aliphatic carbocycles. The number of hydrogen-bond donors (Lipinski definition) is 1. The maximum atomic E-state index is 13.1. The van der Waals surface area contributed by atoms with Crippen molar-refractivity contribution < 1.29 is 9.53 Å². The molecule has 2 aliphatic heterocycles. The van der Waals surface area contributed by atoms with E-state index in [0.29, 0.717) is 12.1 Å². The molecule has 2 unspecified atom stereocenters. The zero-order valence-electron chi connectivity index (χ0n) is 18.3. The summed E-state index contributed by atoms with van der Waals surface area (Å²) in [5.41, 5.74) is 0.904. The first-order chi connectivity index (χ1) is 14.5. The second-order valence-electron chi connectivity index (χ2n) is 8.85. The van der Waals surface area contributed by atoms with Gasteiger partial charge in [-0.15, -0.1) is 0 Å². The quantitative estimate of drug-likeness (QED) is 0.710. The number of para-hydroxylation sites is 1. The number of nitrogens with zero attached hydrogens (tertiary/aromatic N) is 2. The molecule has 2 aliphatic rings. The van der Waals surface area contributed by atoms with Gasteiger partial charge in [0.2, 0.25) is 0 Å².